The van der Waals surface area contributed by atoms with Gasteiger partial charge >= 0.3 is 0 Å². The van der Waals surface area contributed by atoms with E-state index in [9.17, 15) is 8.42 Å². The van der Waals surface area contributed by atoms with E-state index in [1.54, 1.807) is 30.3 Å². The second kappa shape index (κ2) is 6.29. The molecule has 0 aliphatic carbocycles. The lowest BCUT2D eigenvalue weighted by Gasteiger charge is -2.34. The van der Waals surface area contributed by atoms with E-state index < -0.39 is 9.84 Å². The monoisotopic (exact) mass is 336 g/mol. The number of aryl methyl sites for hydroxylation is 1. The lowest BCUT2D eigenvalue weighted by Crippen LogP contribution is -2.42. The molecule has 0 bridgehead atoms. The molecule has 1 aliphatic rings. The molecule has 3 heterocycles. The standard InChI is InChI=1S/C15H20N4O3S/c1-18-9-12(8-17-18)15-11-23(20,21)6-5-19(15)10-13-7-14(22-2)3-4-16-13/h3-4,7-9,15H,5-6,10-11H2,1-2H3. The Balaban J connectivity index is 1.86. The molecule has 2 aromatic rings. The quantitative estimate of drug-likeness (QED) is 0.822. The molecule has 1 aliphatic heterocycles. The maximum atomic E-state index is 12.1. The predicted octanol–water partition coefficient (Wildman–Crippen LogP) is 0.795. The minimum absolute atomic E-state index is 0.114. The van der Waals surface area contributed by atoms with Crippen molar-refractivity contribution in [2.45, 2.75) is 12.6 Å². The fourth-order valence-electron chi connectivity index (χ4n) is 2.83. The SMILES string of the molecule is COc1ccnc(CN2CCS(=O)(=O)CC2c2cnn(C)c2)c1. The van der Waals surface area contributed by atoms with E-state index in [4.69, 9.17) is 4.74 Å². The second-order valence-corrected chi connectivity index (χ2v) is 7.96. The number of rotatable bonds is 4. The zero-order valence-electron chi connectivity index (χ0n) is 13.2. The summed E-state index contributed by atoms with van der Waals surface area (Å²) in [7, 11) is 0.412. The van der Waals surface area contributed by atoms with E-state index in [0.29, 0.717) is 13.1 Å². The van der Waals surface area contributed by atoms with Gasteiger partial charge in [-0.3, -0.25) is 14.6 Å². The number of sulfone groups is 1. The van der Waals surface area contributed by atoms with Crippen molar-refractivity contribution in [1.82, 2.24) is 19.7 Å². The van der Waals surface area contributed by atoms with Gasteiger partial charge in [0.15, 0.2) is 9.84 Å². The summed E-state index contributed by atoms with van der Waals surface area (Å²) in [4.78, 5) is 6.50. The van der Waals surface area contributed by atoms with Crippen LogP contribution in [-0.2, 0) is 23.4 Å². The summed E-state index contributed by atoms with van der Waals surface area (Å²) in [5.74, 6) is 1.04. The average Bonchev–Trinajstić information content (AvgIpc) is 2.95. The van der Waals surface area contributed by atoms with Crippen LogP contribution in [0.5, 0.6) is 5.75 Å². The highest BCUT2D eigenvalue weighted by atomic mass is 32.2. The van der Waals surface area contributed by atoms with Crippen LogP contribution in [0.25, 0.3) is 0 Å². The van der Waals surface area contributed by atoms with E-state index in [0.717, 1.165) is 17.0 Å². The molecule has 0 amide bonds. The topological polar surface area (TPSA) is 77.3 Å². The zero-order valence-corrected chi connectivity index (χ0v) is 14.0. The zero-order chi connectivity index (χ0) is 16.4. The number of ether oxygens (including phenoxy) is 1. The molecular weight excluding hydrogens is 316 g/mol. The molecular formula is C15H20N4O3S. The Morgan fingerprint density at radius 2 is 2.26 bits per heavy atom. The van der Waals surface area contributed by atoms with Crippen molar-refractivity contribution >= 4 is 9.84 Å². The van der Waals surface area contributed by atoms with Gasteiger partial charge in [0.25, 0.3) is 0 Å². The van der Waals surface area contributed by atoms with Crippen LogP contribution in [0.1, 0.15) is 17.3 Å². The Morgan fingerprint density at radius 1 is 1.43 bits per heavy atom. The van der Waals surface area contributed by atoms with Crippen LogP contribution in [-0.4, -0.2) is 53.2 Å². The third-order valence-corrected chi connectivity index (χ3v) is 5.67. The van der Waals surface area contributed by atoms with Gasteiger partial charge in [0.1, 0.15) is 5.75 Å². The fourth-order valence-corrected chi connectivity index (χ4v) is 4.39. The van der Waals surface area contributed by atoms with Gasteiger partial charge in [-0.2, -0.15) is 5.10 Å². The summed E-state index contributed by atoms with van der Waals surface area (Å²) in [6, 6.07) is 3.47. The van der Waals surface area contributed by atoms with Gasteiger partial charge in [-0.1, -0.05) is 0 Å². The van der Waals surface area contributed by atoms with Crippen LogP contribution in [0.4, 0.5) is 0 Å². The molecule has 23 heavy (non-hydrogen) atoms. The van der Waals surface area contributed by atoms with Crippen LogP contribution in [0.2, 0.25) is 0 Å². The maximum absolute atomic E-state index is 12.1. The first-order valence-corrected chi connectivity index (χ1v) is 9.21. The molecule has 0 radical (unpaired) electrons. The van der Waals surface area contributed by atoms with Crippen LogP contribution < -0.4 is 4.74 Å². The molecule has 1 unspecified atom stereocenters. The molecule has 0 saturated carbocycles. The molecule has 1 saturated heterocycles. The van der Waals surface area contributed by atoms with Gasteiger partial charge < -0.3 is 4.74 Å². The Labute approximate surface area is 135 Å². The third-order valence-electron chi connectivity index (χ3n) is 4.04. The van der Waals surface area contributed by atoms with Gasteiger partial charge in [0, 0.05) is 44.2 Å². The van der Waals surface area contributed by atoms with Crippen molar-refractivity contribution in [3.05, 3.63) is 42.0 Å². The molecule has 1 fully saturated rings. The molecule has 0 aromatic carbocycles. The first-order valence-electron chi connectivity index (χ1n) is 7.39. The summed E-state index contributed by atoms with van der Waals surface area (Å²) < 4.78 is 31.0. The van der Waals surface area contributed by atoms with Crippen LogP contribution in [0.15, 0.2) is 30.7 Å². The van der Waals surface area contributed by atoms with Crippen molar-refractivity contribution in [3.63, 3.8) is 0 Å². The van der Waals surface area contributed by atoms with Crippen LogP contribution in [0.3, 0.4) is 0 Å². The fraction of sp³-hybridized carbons (Fsp3) is 0.467. The van der Waals surface area contributed by atoms with E-state index >= 15 is 0 Å². The number of hydrogen-bond acceptors (Lipinski definition) is 6. The minimum Gasteiger partial charge on any atom is -0.497 e. The summed E-state index contributed by atoms with van der Waals surface area (Å²) in [6.45, 7) is 1.06. The van der Waals surface area contributed by atoms with Gasteiger partial charge in [-0.15, -0.1) is 0 Å². The Hall–Kier alpha value is -1.93. The van der Waals surface area contributed by atoms with Crippen molar-refractivity contribution < 1.29 is 13.2 Å². The number of methoxy groups -OCH3 is 1. The number of hydrogen-bond donors (Lipinski definition) is 0. The average molecular weight is 336 g/mol. The first-order chi connectivity index (χ1) is 11.0. The molecule has 3 rings (SSSR count). The van der Waals surface area contributed by atoms with Crippen molar-refractivity contribution in [2.75, 3.05) is 25.2 Å². The van der Waals surface area contributed by atoms with Crippen molar-refractivity contribution in [2.24, 2.45) is 7.05 Å². The molecule has 8 heteroatoms. The van der Waals surface area contributed by atoms with Crippen molar-refractivity contribution in [1.29, 1.82) is 0 Å². The summed E-state index contributed by atoms with van der Waals surface area (Å²) in [5.41, 5.74) is 1.77. The van der Waals surface area contributed by atoms with Crippen LogP contribution >= 0.6 is 0 Å². The van der Waals surface area contributed by atoms with Gasteiger partial charge in [-0.25, -0.2) is 8.42 Å². The van der Waals surface area contributed by atoms with E-state index in [1.165, 1.54) is 0 Å². The second-order valence-electron chi connectivity index (χ2n) is 5.73. The minimum atomic E-state index is -3.03. The normalized spacial score (nSPS) is 21.2. The molecule has 124 valence electrons. The Morgan fingerprint density at radius 3 is 2.96 bits per heavy atom. The lowest BCUT2D eigenvalue weighted by atomic mass is 10.1. The van der Waals surface area contributed by atoms with Crippen LogP contribution in [0, 0.1) is 0 Å². The van der Waals surface area contributed by atoms with E-state index in [1.807, 2.05) is 19.3 Å². The largest absolute Gasteiger partial charge is 0.497 e. The van der Waals surface area contributed by atoms with E-state index in [-0.39, 0.29) is 17.5 Å². The Kier molecular flexibility index (Phi) is 4.36. The summed E-state index contributed by atoms with van der Waals surface area (Å²) >= 11 is 0. The summed E-state index contributed by atoms with van der Waals surface area (Å²) in [6.07, 6.45) is 5.31. The highest BCUT2D eigenvalue weighted by Gasteiger charge is 2.33. The molecule has 2 aromatic heterocycles. The van der Waals surface area contributed by atoms with Gasteiger partial charge in [-0.05, 0) is 6.07 Å². The number of nitrogens with zero attached hydrogens (tertiary/aromatic N) is 4. The first kappa shape index (κ1) is 15.9. The molecule has 1 atom stereocenters. The number of pyridine rings is 1. The van der Waals surface area contributed by atoms with Crippen molar-refractivity contribution in [3.8, 4) is 5.75 Å². The molecule has 0 spiro atoms. The Bertz CT molecular complexity index is 788. The highest BCUT2D eigenvalue weighted by Crippen LogP contribution is 2.28. The van der Waals surface area contributed by atoms with Gasteiger partial charge in [0.05, 0.1) is 36.5 Å². The number of aromatic nitrogens is 3. The van der Waals surface area contributed by atoms with E-state index in [2.05, 4.69) is 15.0 Å². The predicted molar refractivity (Wildman–Crippen MR) is 85.8 cm³/mol. The summed E-state index contributed by atoms with van der Waals surface area (Å²) in [5, 5.41) is 4.17. The van der Waals surface area contributed by atoms with Gasteiger partial charge in [0.2, 0.25) is 0 Å². The molecule has 0 N–H and O–H groups in total. The lowest BCUT2D eigenvalue weighted by molar-refractivity contribution is 0.203. The molecule has 7 nitrogen and oxygen atoms in total. The maximum Gasteiger partial charge on any atom is 0.153 e. The highest BCUT2D eigenvalue weighted by molar-refractivity contribution is 7.91. The smallest absolute Gasteiger partial charge is 0.153 e. The third kappa shape index (κ3) is 3.70.